The summed E-state index contributed by atoms with van der Waals surface area (Å²) in [6.45, 7) is 8.28. The van der Waals surface area contributed by atoms with Gasteiger partial charge in [0.2, 0.25) is 0 Å². The Morgan fingerprint density at radius 3 is 2.31 bits per heavy atom. The molecule has 2 nitrogen and oxygen atoms in total. The molecule has 0 atom stereocenters. The van der Waals surface area contributed by atoms with E-state index in [-0.39, 0.29) is 5.57 Å². The van der Waals surface area contributed by atoms with E-state index in [0.29, 0.717) is 5.88 Å². The van der Waals surface area contributed by atoms with Crippen LogP contribution in [0.4, 0.5) is 0 Å². The molecule has 0 heterocycles. The SMILES string of the molecule is C=C(C)C(=O)O.C=Cc1ccccc1CCl. The minimum absolute atomic E-state index is 0.176. The molecule has 86 valence electrons. The first-order valence-electron chi connectivity index (χ1n) is 4.68. The molecule has 0 amide bonds. The van der Waals surface area contributed by atoms with Crippen molar-refractivity contribution in [3.05, 3.63) is 54.1 Å². The Kier molecular flexibility index (Phi) is 6.97. The van der Waals surface area contributed by atoms with Crippen LogP contribution in [0.15, 0.2) is 43.0 Å². The third-order valence-corrected chi connectivity index (χ3v) is 2.07. The zero-order valence-corrected chi connectivity index (χ0v) is 10.00. The standard InChI is InChI=1S/C9H9Cl.C4H6O2/c1-2-8-5-3-4-6-9(8)7-10;1-3(2)4(5)6/h2-6H,1,7H2;1H2,2H3,(H,5,6). The first-order chi connectivity index (χ1) is 7.52. The molecule has 0 fully saturated rings. The van der Waals surface area contributed by atoms with Gasteiger partial charge < -0.3 is 5.11 Å². The molecule has 1 aromatic rings. The smallest absolute Gasteiger partial charge is 0.330 e. The summed E-state index contributed by atoms with van der Waals surface area (Å²) in [6, 6.07) is 7.96. The van der Waals surface area contributed by atoms with Crippen molar-refractivity contribution >= 4 is 23.6 Å². The van der Waals surface area contributed by atoms with E-state index in [1.54, 1.807) is 0 Å². The van der Waals surface area contributed by atoms with Gasteiger partial charge in [-0.25, -0.2) is 4.79 Å². The van der Waals surface area contributed by atoms with E-state index in [1.165, 1.54) is 6.92 Å². The molecule has 1 aromatic carbocycles. The summed E-state index contributed by atoms with van der Waals surface area (Å²) in [7, 11) is 0. The van der Waals surface area contributed by atoms with Crippen LogP contribution in [0.1, 0.15) is 18.1 Å². The van der Waals surface area contributed by atoms with E-state index in [9.17, 15) is 4.79 Å². The molecule has 3 heteroatoms. The molecule has 0 saturated heterocycles. The van der Waals surface area contributed by atoms with Crippen LogP contribution in [-0.2, 0) is 10.7 Å². The summed E-state index contributed by atoms with van der Waals surface area (Å²) in [4.78, 5) is 9.60. The Labute approximate surface area is 101 Å². The van der Waals surface area contributed by atoms with Crippen LogP contribution in [0.3, 0.4) is 0 Å². The monoisotopic (exact) mass is 238 g/mol. The number of halogens is 1. The molecular weight excluding hydrogens is 224 g/mol. The number of rotatable bonds is 3. The summed E-state index contributed by atoms with van der Waals surface area (Å²) in [6.07, 6.45) is 1.82. The summed E-state index contributed by atoms with van der Waals surface area (Å²) in [5.41, 5.74) is 2.44. The molecule has 0 radical (unpaired) electrons. The van der Waals surface area contributed by atoms with Gasteiger partial charge in [-0.15, -0.1) is 11.6 Å². The molecule has 16 heavy (non-hydrogen) atoms. The van der Waals surface area contributed by atoms with Crippen LogP contribution in [0.5, 0.6) is 0 Å². The molecule has 0 bridgehead atoms. The highest BCUT2D eigenvalue weighted by Crippen LogP contribution is 2.11. The number of carboxylic acid groups (broad SMARTS) is 1. The Balaban J connectivity index is 0.000000325. The van der Waals surface area contributed by atoms with Crippen molar-refractivity contribution in [1.82, 2.24) is 0 Å². The highest BCUT2D eigenvalue weighted by atomic mass is 35.5. The van der Waals surface area contributed by atoms with Crippen LogP contribution in [0.25, 0.3) is 6.08 Å². The first-order valence-corrected chi connectivity index (χ1v) is 5.21. The predicted octanol–water partition coefficient (Wildman–Crippen LogP) is 3.72. The molecule has 0 aliphatic carbocycles. The fourth-order valence-electron chi connectivity index (χ4n) is 0.855. The van der Waals surface area contributed by atoms with E-state index in [1.807, 2.05) is 30.3 Å². The second kappa shape index (κ2) is 7.71. The molecule has 0 spiro atoms. The normalized spacial score (nSPS) is 8.62. The lowest BCUT2D eigenvalue weighted by molar-refractivity contribution is -0.132. The number of benzene rings is 1. The highest BCUT2D eigenvalue weighted by molar-refractivity contribution is 6.17. The predicted molar refractivity (Wildman–Crippen MR) is 68.5 cm³/mol. The summed E-state index contributed by atoms with van der Waals surface area (Å²) < 4.78 is 0. The summed E-state index contributed by atoms with van der Waals surface area (Å²) >= 11 is 5.66. The van der Waals surface area contributed by atoms with E-state index in [0.717, 1.165) is 11.1 Å². The Bertz CT molecular complexity index is 371. The highest BCUT2D eigenvalue weighted by Gasteiger charge is 1.93. The number of alkyl halides is 1. The second-order valence-corrected chi connectivity index (χ2v) is 3.39. The van der Waals surface area contributed by atoms with Crippen LogP contribution in [-0.4, -0.2) is 11.1 Å². The van der Waals surface area contributed by atoms with Gasteiger partial charge in [-0.2, -0.15) is 0 Å². The minimum Gasteiger partial charge on any atom is -0.478 e. The first kappa shape index (κ1) is 14.5. The van der Waals surface area contributed by atoms with Crippen molar-refractivity contribution in [3.8, 4) is 0 Å². The number of hydrogen-bond donors (Lipinski definition) is 1. The fraction of sp³-hybridized carbons (Fsp3) is 0.154. The van der Waals surface area contributed by atoms with Gasteiger partial charge in [0.1, 0.15) is 0 Å². The van der Waals surface area contributed by atoms with Gasteiger partial charge in [-0.05, 0) is 18.1 Å². The lowest BCUT2D eigenvalue weighted by Gasteiger charge is -1.98. The maximum atomic E-state index is 9.60. The zero-order valence-electron chi connectivity index (χ0n) is 9.24. The van der Waals surface area contributed by atoms with Crippen molar-refractivity contribution in [1.29, 1.82) is 0 Å². The third kappa shape index (κ3) is 5.37. The molecule has 1 N–H and O–H groups in total. The van der Waals surface area contributed by atoms with Gasteiger partial charge in [-0.1, -0.05) is 43.5 Å². The van der Waals surface area contributed by atoms with Crippen molar-refractivity contribution in [2.45, 2.75) is 12.8 Å². The number of carboxylic acids is 1. The maximum absolute atomic E-state index is 9.60. The van der Waals surface area contributed by atoms with Crippen molar-refractivity contribution in [2.75, 3.05) is 0 Å². The van der Waals surface area contributed by atoms with Crippen LogP contribution >= 0.6 is 11.6 Å². The van der Waals surface area contributed by atoms with E-state index in [4.69, 9.17) is 16.7 Å². The van der Waals surface area contributed by atoms with Crippen LogP contribution in [0, 0.1) is 0 Å². The van der Waals surface area contributed by atoms with Crippen LogP contribution in [0.2, 0.25) is 0 Å². The van der Waals surface area contributed by atoms with E-state index >= 15 is 0 Å². The maximum Gasteiger partial charge on any atom is 0.330 e. The fourth-order valence-corrected chi connectivity index (χ4v) is 1.10. The van der Waals surface area contributed by atoms with Crippen molar-refractivity contribution in [2.24, 2.45) is 0 Å². The molecule has 1 rings (SSSR count). The van der Waals surface area contributed by atoms with E-state index < -0.39 is 5.97 Å². The van der Waals surface area contributed by atoms with Gasteiger partial charge >= 0.3 is 5.97 Å². The Morgan fingerprint density at radius 1 is 1.50 bits per heavy atom. The van der Waals surface area contributed by atoms with Gasteiger partial charge in [0.05, 0.1) is 0 Å². The van der Waals surface area contributed by atoms with Gasteiger partial charge in [0.15, 0.2) is 0 Å². The zero-order chi connectivity index (χ0) is 12.6. The molecule has 0 aromatic heterocycles. The quantitative estimate of drug-likeness (QED) is 0.644. The summed E-state index contributed by atoms with van der Waals surface area (Å²) in [5.74, 6) is -0.377. The topological polar surface area (TPSA) is 37.3 Å². The molecule has 0 aliphatic rings. The molecule has 0 unspecified atom stereocenters. The van der Waals surface area contributed by atoms with Crippen molar-refractivity contribution in [3.63, 3.8) is 0 Å². The van der Waals surface area contributed by atoms with Crippen LogP contribution < -0.4 is 0 Å². The number of carbonyl (C=O) groups is 1. The van der Waals surface area contributed by atoms with Crippen molar-refractivity contribution < 1.29 is 9.90 Å². The number of aliphatic carboxylic acids is 1. The minimum atomic E-state index is -0.935. The molecule has 0 aliphatic heterocycles. The lowest BCUT2D eigenvalue weighted by Crippen LogP contribution is -1.92. The third-order valence-electron chi connectivity index (χ3n) is 1.78. The average Bonchev–Trinajstić information content (AvgIpc) is 2.29. The summed E-state index contributed by atoms with van der Waals surface area (Å²) in [5, 5.41) is 7.89. The second-order valence-electron chi connectivity index (χ2n) is 3.12. The van der Waals surface area contributed by atoms with Gasteiger partial charge in [0, 0.05) is 11.5 Å². The average molecular weight is 239 g/mol. The Morgan fingerprint density at radius 2 is 2.00 bits per heavy atom. The lowest BCUT2D eigenvalue weighted by atomic mass is 10.1. The number of hydrogen-bond acceptors (Lipinski definition) is 1. The van der Waals surface area contributed by atoms with E-state index in [2.05, 4.69) is 13.2 Å². The van der Waals surface area contributed by atoms with Gasteiger partial charge in [-0.3, -0.25) is 0 Å². The van der Waals surface area contributed by atoms with Gasteiger partial charge in [0.25, 0.3) is 0 Å². The largest absolute Gasteiger partial charge is 0.478 e. The Hall–Kier alpha value is -1.54. The molecule has 0 saturated carbocycles. The molecular formula is C13H15ClO2.